The maximum atomic E-state index is 13.1. The highest BCUT2D eigenvalue weighted by Gasteiger charge is 2.38. The van der Waals surface area contributed by atoms with Gasteiger partial charge in [-0.05, 0) is 30.7 Å². The van der Waals surface area contributed by atoms with Crippen molar-refractivity contribution < 1.29 is 18.0 Å². The molecule has 0 aliphatic heterocycles. The van der Waals surface area contributed by atoms with Crippen molar-refractivity contribution in [3.05, 3.63) is 63.0 Å². The molecule has 0 fully saturated rings. The van der Waals surface area contributed by atoms with E-state index in [0.29, 0.717) is 11.1 Å². The molecule has 140 valence electrons. The molecule has 0 saturated heterocycles. The molecule has 9 heteroatoms. The lowest BCUT2D eigenvalue weighted by atomic mass is 10.0. The molecular weight excluding hydrogens is 402 g/mol. The molecule has 0 aliphatic rings. The number of fused-ring (bicyclic) bond motifs is 1. The van der Waals surface area contributed by atoms with E-state index in [-0.39, 0.29) is 21.4 Å². The van der Waals surface area contributed by atoms with E-state index in [4.69, 9.17) is 23.2 Å². The van der Waals surface area contributed by atoms with Gasteiger partial charge >= 0.3 is 6.18 Å². The molecule has 0 atom stereocenters. The quantitative estimate of drug-likeness (QED) is 0.323. The Kier molecular flexibility index (Phi) is 5.01. The van der Waals surface area contributed by atoms with Gasteiger partial charge in [0.1, 0.15) is 10.3 Å². The number of carbonyl (C=O) groups is 1. The van der Waals surface area contributed by atoms with E-state index in [0.717, 1.165) is 22.2 Å². The summed E-state index contributed by atoms with van der Waals surface area (Å²) in [7, 11) is 1.28. The maximum Gasteiger partial charge on any atom is 0.435 e. The summed E-state index contributed by atoms with van der Waals surface area (Å²) >= 11 is 12.0. The van der Waals surface area contributed by atoms with Gasteiger partial charge in [-0.3, -0.25) is 9.48 Å². The first kappa shape index (κ1) is 19.4. The fraction of sp³-hybridized carbons (Fsp3) is 0.167. The van der Waals surface area contributed by atoms with Crippen LogP contribution in [-0.4, -0.2) is 20.5 Å². The maximum absolute atomic E-state index is 13.1. The minimum absolute atomic E-state index is 0.0193. The topological polar surface area (TPSA) is 47.8 Å². The van der Waals surface area contributed by atoms with Crippen molar-refractivity contribution in [3.8, 4) is 0 Å². The van der Waals surface area contributed by atoms with E-state index in [9.17, 15) is 18.0 Å². The van der Waals surface area contributed by atoms with E-state index >= 15 is 0 Å². The van der Waals surface area contributed by atoms with Gasteiger partial charge < -0.3 is 0 Å². The summed E-state index contributed by atoms with van der Waals surface area (Å²) in [4.78, 5) is 16.8. The molecular formula is C18H12Cl2F3N3O. The van der Waals surface area contributed by atoms with Gasteiger partial charge in [0.25, 0.3) is 0 Å². The highest BCUT2D eigenvalue weighted by molar-refractivity contribution is 6.34. The molecule has 27 heavy (non-hydrogen) atoms. The van der Waals surface area contributed by atoms with Gasteiger partial charge in [-0.1, -0.05) is 41.4 Å². The largest absolute Gasteiger partial charge is 0.435 e. The first-order chi connectivity index (χ1) is 12.6. The number of ketones is 1. The van der Waals surface area contributed by atoms with Gasteiger partial charge in [-0.25, -0.2) is 4.98 Å². The van der Waals surface area contributed by atoms with Crippen LogP contribution in [0.3, 0.4) is 0 Å². The first-order valence-corrected chi connectivity index (χ1v) is 8.43. The van der Waals surface area contributed by atoms with Gasteiger partial charge in [0.15, 0.2) is 11.5 Å². The number of alkyl halides is 3. The van der Waals surface area contributed by atoms with E-state index in [1.165, 1.54) is 7.05 Å². The predicted molar refractivity (Wildman–Crippen MR) is 98.1 cm³/mol. The Bertz CT molecular complexity index is 1090. The molecule has 1 aromatic carbocycles. The number of carbonyl (C=O) groups excluding carboxylic acids is 1. The molecule has 2 heterocycles. The fourth-order valence-corrected chi connectivity index (χ4v) is 3.26. The molecule has 0 bridgehead atoms. The van der Waals surface area contributed by atoms with E-state index < -0.39 is 17.7 Å². The average molecular weight is 414 g/mol. The smallest absolute Gasteiger partial charge is 0.289 e. The van der Waals surface area contributed by atoms with Crippen molar-refractivity contribution >= 4 is 46.0 Å². The van der Waals surface area contributed by atoms with Crippen LogP contribution < -0.4 is 0 Å². The lowest BCUT2D eigenvalue weighted by Gasteiger charge is -2.08. The summed E-state index contributed by atoms with van der Waals surface area (Å²) < 4.78 is 40.2. The molecule has 0 spiro atoms. The summed E-state index contributed by atoms with van der Waals surface area (Å²) in [5.74, 6) is -0.580. The zero-order chi connectivity index (χ0) is 19.9. The number of hydrogen-bond acceptors (Lipinski definition) is 3. The van der Waals surface area contributed by atoms with Crippen molar-refractivity contribution in [1.29, 1.82) is 0 Å². The van der Waals surface area contributed by atoms with Crippen LogP contribution in [0, 0.1) is 6.92 Å². The normalized spacial score (nSPS) is 12.3. The third-order valence-electron chi connectivity index (χ3n) is 4.04. The summed E-state index contributed by atoms with van der Waals surface area (Å²) in [6.07, 6.45) is -2.72. The highest BCUT2D eigenvalue weighted by Crippen LogP contribution is 2.35. The third kappa shape index (κ3) is 3.57. The second kappa shape index (κ2) is 6.98. The Balaban J connectivity index is 2.06. The minimum atomic E-state index is -4.70. The lowest BCUT2D eigenvalue weighted by Crippen LogP contribution is -2.08. The predicted octanol–water partition coefficient (Wildman–Crippen LogP) is 5.50. The second-order valence-corrected chi connectivity index (χ2v) is 6.51. The third-order valence-corrected chi connectivity index (χ3v) is 4.76. The van der Waals surface area contributed by atoms with E-state index in [1.807, 2.05) is 0 Å². The Morgan fingerprint density at radius 1 is 1.22 bits per heavy atom. The highest BCUT2D eigenvalue weighted by atomic mass is 35.5. The van der Waals surface area contributed by atoms with Gasteiger partial charge in [-0.15, -0.1) is 0 Å². The summed E-state index contributed by atoms with van der Waals surface area (Å²) in [5, 5.41) is 3.85. The molecule has 3 rings (SSSR count). The summed E-state index contributed by atoms with van der Waals surface area (Å²) in [6, 6.07) is 7.12. The summed E-state index contributed by atoms with van der Waals surface area (Å²) in [6.45, 7) is 1.70. The van der Waals surface area contributed by atoms with Crippen LogP contribution in [-0.2, 0) is 13.2 Å². The number of benzene rings is 1. The van der Waals surface area contributed by atoms with Crippen LogP contribution in [0.5, 0.6) is 0 Å². The Labute approximate surface area is 162 Å². The van der Waals surface area contributed by atoms with Crippen LogP contribution in [0.2, 0.25) is 10.3 Å². The molecule has 4 nitrogen and oxygen atoms in total. The average Bonchev–Trinajstić information content (AvgIpc) is 2.88. The Morgan fingerprint density at radius 2 is 1.89 bits per heavy atom. The van der Waals surface area contributed by atoms with Crippen LogP contribution in [0.25, 0.3) is 17.0 Å². The van der Waals surface area contributed by atoms with Gasteiger partial charge in [0.05, 0.1) is 11.1 Å². The number of rotatable bonds is 3. The number of halogens is 5. The Morgan fingerprint density at radius 3 is 2.56 bits per heavy atom. The first-order valence-electron chi connectivity index (χ1n) is 7.68. The molecule has 0 radical (unpaired) electrons. The number of aromatic nitrogens is 3. The molecule has 0 saturated carbocycles. The molecule has 0 N–H and O–H groups in total. The number of pyridine rings is 1. The molecule has 3 aromatic rings. The van der Waals surface area contributed by atoms with Crippen LogP contribution in [0.1, 0.15) is 27.2 Å². The standard InChI is InChI=1S/C18H12Cl2F3N3O/c1-9-10-5-3-4-6-12(10)24-16(19)14(9)13(27)8-7-11-15(18(21,22)23)25-26(2)17(11)20/h3-8H,1-2H3/b8-7+. The Hall–Kier alpha value is -2.38. The van der Waals surface area contributed by atoms with Crippen molar-refractivity contribution in [2.45, 2.75) is 13.1 Å². The second-order valence-electron chi connectivity index (χ2n) is 5.79. The van der Waals surface area contributed by atoms with Gasteiger partial charge in [0, 0.05) is 18.0 Å². The number of allylic oxidation sites excluding steroid dienone is 1. The van der Waals surface area contributed by atoms with E-state index in [2.05, 4.69) is 10.1 Å². The van der Waals surface area contributed by atoms with Crippen molar-refractivity contribution in [1.82, 2.24) is 14.8 Å². The lowest BCUT2D eigenvalue weighted by molar-refractivity contribution is -0.141. The van der Waals surface area contributed by atoms with Crippen LogP contribution in [0.4, 0.5) is 13.2 Å². The molecule has 0 amide bonds. The van der Waals surface area contributed by atoms with Crippen molar-refractivity contribution in [3.63, 3.8) is 0 Å². The van der Waals surface area contributed by atoms with Crippen LogP contribution in [0.15, 0.2) is 30.3 Å². The number of hydrogen-bond donors (Lipinski definition) is 0. The number of aryl methyl sites for hydroxylation is 2. The number of para-hydroxylation sites is 1. The van der Waals surface area contributed by atoms with Crippen LogP contribution >= 0.6 is 23.2 Å². The van der Waals surface area contributed by atoms with Crippen molar-refractivity contribution in [2.75, 3.05) is 0 Å². The minimum Gasteiger partial charge on any atom is -0.289 e. The molecule has 0 aliphatic carbocycles. The monoisotopic (exact) mass is 413 g/mol. The summed E-state index contributed by atoms with van der Waals surface area (Å²) in [5.41, 5.74) is -0.218. The molecule has 2 aromatic heterocycles. The fourth-order valence-electron chi connectivity index (χ4n) is 2.74. The van der Waals surface area contributed by atoms with Gasteiger partial charge in [0.2, 0.25) is 0 Å². The number of nitrogens with zero attached hydrogens (tertiary/aromatic N) is 3. The van der Waals surface area contributed by atoms with E-state index in [1.54, 1.807) is 31.2 Å². The zero-order valence-electron chi connectivity index (χ0n) is 14.1. The van der Waals surface area contributed by atoms with Crippen molar-refractivity contribution in [2.24, 2.45) is 7.05 Å². The zero-order valence-corrected chi connectivity index (χ0v) is 15.6. The van der Waals surface area contributed by atoms with Gasteiger partial charge in [-0.2, -0.15) is 18.3 Å². The molecule has 0 unspecified atom stereocenters. The SMILES string of the molecule is Cc1c(C(=O)/C=C/c2c(C(F)(F)F)nn(C)c2Cl)c(Cl)nc2ccccc12.